The molecule has 0 saturated carbocycles. The van der Waals surface area contributed by atoms with Crippen molar-refractivity contribution in [2.24, 2.45) is 10.9 Å². The van der Waals surface area contributed by atoms with Gasteiger partial charge in [-0.2, -0.15) is 0 Å². The van der Waals surface area contributed by atoms with Crippen molar-refractivity contribution < 1.29 is 15.1 Å². The van der Waals surface area contributed by atoms with E-state index in [1.54, 1.807) is 49.5 Å². The lowest BCUT2D eigenvalue weighted by Gasteiger charge is -2.18. The summed E-state index contributed by atoms with van der Waals surface area (Å²) in [6, 6.07) is 13.0. The van der Waals surface area contributed by atoms with E-state index in [1.807, 2.05) is 0 Å². The summed E-state index contributed by atoms with van der Waals surface area (Å²) in [7, 11) is 1.60. The molecule has 0 aromatic heterocycles. The number of benzene rings is 2. The lowest BCUT2D eigenvalue weighted by atomic mass is 10.1. The molecule has 6 nitrogen and oxygen atoms in total. The summed E-state index contributed by atoms with van der Waals surface area (Å²) in [5.41, 5.74) is 6.87. The van der Waals surface area contributed by atoms with Gasteiger partial charge in [-0.15, -0.1) is 0 Å². The van der Waals surface area contributed by atoms with Gasteiger partial charge < -0.3 is 20.9 Å². The SMILES string of the molecule is CN(C(=O)c1ccccc1O)c1ccc(C(N)=NO)cc1. The van der Waals surface area contributed by atoms with Crippen molar-refractivity contribution in [1.82, 2.24) is 0 Å². The van der Waals surface area contributed by atoms with Crippen LogP contribution in [0.2, 0.25) is 0 Å². The Morgan fingerprint density at radius 1 is 1.14 bits per heavy atom. The smallest absolute Gasteiger partial charge is 0.261 e. The van der Waals surface area contributed by atoms with Crippen molar-refractivity contribution in [2.45, 2.75) is 0 Å². The van der Waals surface area contributed by atoms with Crippen LogP contribution in [0.15, 0.2) is 53.7 Å². The predicted molar refractivity (Wildman–Crippen MR) is 79.8 cm³/mol. The van der Waals surface area contributed by atoms with Crippen LogP contribution in [0.4, 0.5) is 5.69 Å². The van der Waals surface area contributed by atoms with Crippen molar-refractivity contribution in [3.05, 3.63) is 59.7 Å². The van der Waals surface area contributed by atoms with E-state index >= 15 is 0 Å². The molecular weight excluding hydrogens is 270 g/mol. The van der Waals surface area contributed by atoms with E-state index in [2.05, 4.69) is 5.16 Å². The zero-order valence-corrected chi connectivity index (χ0v) is 11.4. The predicted octanol–water partition coefficient (Wildman–Crippen LogP) is 1.76. The third kappa shape index (κ3) is 2.94. The van der Waals surface area contributed by atoms with Crippen LogP contribution in [0.3, 0.4) is 0 Å². The van der Waals surface area contributed by atoms with Gasteiger partial charge >= 0.3 is 0 Å². The second-order valence-electron chi connectivity index (χ2n) is 4.41. The number of rotatable bonds is 3. The standard InChI is InChI=1S/C15H15N3O3/c1-18(15(20)12-4-2-3-5-13(12)19)11-8-6-10(7-9-11)14(16)17-21/h2-9,19,21H,1H3,(H2,16,17). The van der Waals surface area contributed by atoms with Crippen molar-refractivity contribution in [3.63, 3.8) is 0 Å². The molecule has 0 radical (unpaired) electrons. The first-order chi connectivity index (χ1) is 10.0. The molecule has 0 aliphatic heterocycles. The Morgan fingerprint density at radius 2 is 1.76 bits per heavy atom. The fourth-order valence-corrected chi connectivity index (χ4v) is 1.87. The lowest BCUT2D eigenvalue weighted by molar-refractivity contribution is 0.0990. The maximum atomic E-state index is 12.3. The molecule has 0 heterocycles. The molecule has 2 aromatic rings. The molecule has 0 atom stereocenters. The van der Waals surface area contributed by atoms with Gasteiger partial charge in [-0.1, -0.05) is 17.3 Å². The van der Waals surface area contributed by atoms with Gasteiger partial charge in [-0.05, 0) is 36.4 Å². The number of amidine groups is 1. The van der Waals surface area contributed by atoms with E-state index in [0.29, 0.717) is 11.3 Å². The third-order valence-electron chi connectivity index (χ3n) is 3.10. The van der Waals surface area contributed by atoms with Crippen LogP contribution in [0.25, 0.3) is 0 Å². The molecule has 0 aliphatic rings. The summed E-state index contributed by atoms with van der Waals surface area (Å²) < 4.78 is 0. The van der Waals surface area contributed by atoms with E-state index in [-0.39, 0.29) is 23.1 Å². The maximum Gasteiger partial charge on any atom is 0.261 e. The summed E-state index contributed by atoms with van der Waals surface area (Å²) in [6.45, 7) is 0. The average molecular weight is 285 g/mol. The molecule has 0 fully saturated rings. The Balaban J connectivity index is 2.26. The lowest BCUT2D eigenvalue weighted by Crippen LogP contribution is -2.26. The maximum absolute atomic E-state index is 12.3. The highest BCUT2D eigenvalue weighted by atomic mass is 16.4. The number of carbonyl (C=O) groups is 1. The first-order valence-electron chi connectivity index (χ1n) is 6.18. The number of nitrogens with two attached hydrogens (primary N) is 1. The minimum atomic E-state index is -0.329. The van der Waals surface area contributed by atoms with Crippen LogP contribution in [0, 0.1) is 0 Å². The van der Waals surface area contributed by atoms with Crippen LogP contribution in [-0.4, -0.2) is 29.1 Å². The molecule has 108 valence electrons. The molecule has 0 spiro atoms. The molecule has 21 heavy (non-hydrogen) atoms. The monoisotopic (exact) mass is 285 g/mol. The summed E-state index contributed by atoms with van der Waals surface area (Å²) in [5.74, 6) is -0.400. The summed E-state index contributed by atoms with van der Waals surface area (Å²) in [6.07, 6.45) is 0. The Labute approximate surface area is 121 Å². The molecular formula is C15H15N3O3. The number of oxime groups is 1. The molecule has 1 amide bonds. The van der Waals surface area contributed by atoms with Crippen LogP contribution >= 0.6 is 0 Å². The molecule has 6 heteroatoms. The van der Waals surface area contributed by atoms with Crippen LogP contribution < -0.4 is 10.6 Å². The number of phenols is 1. The Morgan fingerprint density at radius 3 is 2.33 bits per heavy atom. The number of anilines is 1. The van der Waals surface area contributed by atoms with Gasteiger partial charge in [0.05, 0.1) is 5.56 Å². The van der Waals surface area contributed by atoms with Crippen LogP contribution in [0.5, 0.6) is 5.75 Å². The highest BCUT2D eigenvalue weighted by molar-refractivity contribution is 6.07. The minimum Gasteiger partial charge on any atom is -0.507 e. The van der Waals surface area contributed by atoms with Gasteiger partial charge in [-0.25, -0.2) is 0 Å². The van der Waals surface area contributed by atoms with Gasteiger partial charge in [0.2, 0.25) is 0 Å². The van der Waals surface area contributed by atoms with Crippen LogP contribution in [-0.2, 0) is 0 Å². The molecule has 2 aromatic carbocycles. The first-order valence-corrected chi connectivity index (χ1v) is 6.18. The number of phenolic OH excluding ortho intramolecular Hbond substituents is 1. The fraction of sp³-hybridized carbons (Fsp3) is 0.0667. The number of para-hydroxylation sites is 1. The molecule has 0 unspecified atom stereocenters. The number of nitrogens with zero attached hydrogens (tertiary/aromatic N) is 2. The van der Waals surface area contributed by atoms with Crippen LogP contribution in [0.1, 0.15) is 15.9 Å². The van der Waals surface area contributed by atoms with Gasteiger partial charge in [-0.3, -0.25) is 4.79 Å². The second-order valence-corrected chi connectivity index (χ2v) is 4.41. The van der Waals surface area contributed by atoms with E-state index in [9.17, 15) is 9.90 Å². The molecule has 0 bridgehead atoms. The quantitative estimate of drug-likeness (QED) is 0.346. The fourth-order valence-electron chi connectivity index (χ4n) is 1.87. The highest BCUT2D eigenvalue weighted by Crippen LogP contribution is 2.21. The zero-order valence-electron chi connectivity index (χ0n) is 11.4. The largest absolute Gasteiger partial charge is 0.507 e. The third-order valence-corrected chi connectivity index (χ3v) is 3.10. The average Bonchev–Trinajstić information content (AvgIpc) is 2.53. The zero-order chi connectivity index (χ0) is 15.4. The Bertz CT molecular complexity index is 681. The summed E-state index contributed by atoms with van der Waals surface area (Å²) in [5, 5.41) is 21.2. The highest BCUT2D eigenvalue weighted by Gasteiger charge is 2.16. The minimum absolute atomic E-state index is 0.00349. The summed E-state index contributed by atoms with van der Waals surface area (Å²) in [4.78, 5) is 13.7. The number of amides is 1. The van der Waals surface area contributed by atoms with E-state index in [1.165, 1.54) is 11.0 Å². The van der Waals surface area contributed by atoms with Gasteiger partial charge in [0.1, 0.15) is 5.75 Å². The number of hydrogen-bond donors (Lipinski definition) is 3. The van der Waals surface area contributed by atoms with E-state index < -0.39 is 0 Å². The van der Waals surface area contributed by atoms with E-state index in [0.717, 1.165) is 0 Å². The number of hydrogen-bond acceptors (Lipinski definition) is 4. The van der Waals surface area contributed by atoms with Gasteiger partial charge in [0.15, 0.2) is 5.84 Å². The molecule has 2 rings (SSSR count). The second kappa shape index (κ2) is 5.96. The Hall–Kier alpha value is -3.02. The molecule has 0 saturated heterocycles. The molecule has 4 N–H and O–H groups in total. The number of aromatic hydroxyl groups is 1. The van der Waals surface area contributed by atoms with Gasteiger partial charge in [0, 0.05) is 18.3 Å². The topological polar surface area (TPSA) is 99.2 Å². The molecule has 0 aliphatic carbocycles. The normalized spacial score (nSPS) is 11.2. The summed E-state index contributed by atoms with van der Waals surface area (Å²) >= 11 is 0. The van der Waals surface area contributed by atoms with Gasteiger partial charge in [0.25, 0.3) is 5.91 Å². The number of carbonyl (C=O) groups excluding carboxylic acids is 1. The van der Waals surface area contributed by atoms with Crippen molar-refractivity contribution in [1.29, 1.82) is 0 Å². The Kier molecular flexibility index (Phi) is 4.08. The van der Waals surface area contributed by atoms with Crippen molar-refractivity contribution in [3.8, 4) is 5.75 Å². The van der Waals surface area contributed by atoms with Crippen molar-refractivity contribution >= 4 is 17.4 Å². The van der Waals surface area contributed by atoms with Crippen molar-refractivity contribution in [2.75, 3.05) is 11.9 Å². The van der Waals surface area contributed by atoms with E-state index in [4.69, 9.17) is 10.9 Å². The first kappa shape index (κ1) is 14.4.